The highest BCUT2D eigenvalue weighted by Crippen LogP contribution is 2.25. The van der Waals surface area contributed by atoms with Crippen molar-refractivity contribution in [2.75, 3.05) is 0 Å². The lowest BCUT2D eigenvalue weighted by Crippen LogP contribution is -2.04. The second kappa shape index (κ2) is 4.39. The third-order valence-corrected chi connectivity index (χ3v) is 3.14. The van der Waals surface area contributed by atoms with E-state index in [0.29, 0.717) is 16.4 Å². The van der Waals surface area contributed by atoms with Crippen molar-refractivity contribution in [1.29, 1.82) is 5.26 Å². The lowest BCUT2D eigenvalue weighted by molar-refractivity contribution is 0.582. The van der Waals surface area contributed by atoms with Crippen molar-refractivity contribution >= 4 is 11.6 Å². The zero-order valence-electron chi connectivity index (χ0n) is 9.63. The maximum Gasteiger partial charge on any atom is 0.150 e. The highest BCUT2D eigenvalue weighted by molar-refractivity contribution is 6.31. The average Bonchev–Trinajstić information content (AvgIpc) is 2.59. The maximum absolute atomic E-state index is 13.8. The Morgan fingerprint density at radius 3 is 2.44 bits per heavy atom. The van der Waals surface area contributed by atoms with Crippen molar-refractivity contribution < 1.29 is 8.78 Å². The molecule has 0 aliphatic heterocycles. The minimum Gasteiger partial charge on any atom is -0.233 e. The van der Waals surface area contributed by atoms with Crippen LogP contribution in [0.25, 0.3) is 5.69 Å². The van der Waals surface area contributed by atoms with Crippen LogP contribution in [0.1, 0.15) is 17.0 Å². The summed E-state index contributed by atoms with van der Waals surface area (Å²) in [7, 11) is 0. The Morgan fingerprint density at radius 1 is 1.28 bits per heavy atom. The van der Waals surface area contributed by atoms with Crippen molar-refractivity contribution in [1.82, 2.24) is 9.78 Å². The zero-order valence-corrected chi connectivity index (χ0v) is 10.4. The van der Waals surface area contributed by atoms with Crippen molar-refractivity contribution in [3.63, 3.8) is 0 Å². The Kier molecular flexibility index (Phi) is 3.05. The van der Waals surface area contributed by atoms with E-state index in [1.807, 2.05) is 0 Å². The van der Waals surface area contributed by atoms with Crippen molar-refractivity contribution in [3.8, 4) is 11.8 Å². The van der Waals surface area contributed by atoms with Crippen molar-refractivity contribution in [3.05, 3.63) is 45.7 Å². The molecule has 0 bridgehead atoms. The summed E-state index contributed by atoms with van der Waals surface area (Å²) in [5, 5.41) is 13.0. The summed E-state index contributed by atoms with van der Waals surface area (Å²) in [5.41, 5.74) is 0.624. The largest absolute Gasteiger partial charge is 0.233 e. The highest BCUT2D eigenvalue weighted by Gasteiger charge is 2.16. The molecule has 0 saturated carbocycles. The van der Waals surface area contributed by atoms with E-state index in [2.05, 4.69) is 5.10 Å². The fourth-order valence-electron chi connectivity index (χ4n) is 1.64. The second-order valence-corrected chi connectivity index (χ2v) is 4.17. The van der Waals surface area contributed by atoms with Gasteiger partial charge in [-0.25, -0.2) is 13.5 Å². The molecule has 92 valence electrons. The van der Waals surface area contributed by atoms with Crippen LogP contribution in [0.4, 0.5) is 8.78 Å². The van der Waals surface area contributed by atoms with Gasteiger partial charge in [0, 0.05) is 6.07 Å². The van der Waals surface area contributed by atoms with Crippen LogP contribution < -0.4 is 0 Å². The van der Waals surface area contributed by atoms with E-state index < -0.39 is 11.6 Å². The smallest absolute Gasteiger partial charge is 0.150 e. The molecule has 18 heavy (non-hydrogen) atoms. The molecule has 6 heteroatoms. The fraction of sp³-hybridized carbons (Fsp3) is 0.167. The van der Waals surface area contributed by atoms with Gasteiger partial charge in [-0.3, -0.25) is 0 Å². The monoisotopic (exact) mass is 267 g/mol. The highest BCUT2D eigenvalue weighted by atomic mass is 35.5. The number of aryl methyl sites for hydroxylation is 1. The van der Waals surface area contributed by atoms with Gasteiger partial charge in [-0.1, -0.05) is 11.6 Å². The van der Waals surface area contributed by atoms with Gasteiger partial charge in [-0.2, -0.15) is 10.4 Å². The predicted octanol–water partition coefficient (Wildman–Crippen LogP) is 3.29. The molecule has 3 nitrogen and oxygen atoms in total. The van der Waals surface area contributed by atoms with E-state index >= 15 is 0 Å². The number of halogens is 3. The summed E-state index contributed by atoms with van der Waals surface area (Å²) in [6, 6.07) is 3.35. The molecule has 0 atom stereocenters. The van der Waals surface area contributed by atoms with Crippen molar-refractivity contribution in [2.24, 2.45) is 0 Å². The first-order valence-electron chi connectivity index (χ1n) is 5.07. The molecule has 0 saturated heterocycles. The van der Waals surface area contributed by atoms with E-state index in [9.17, 15) is 8.78 Å². The molecule has 1 heterocycles. The van der Waals surface area contributed by atoms with Gasteiger partial charge in [0.2, 0.25) is 0 Å². The van der Waals surface area contributed by atoms with Gasteiger partial charge in [0.05, 0.1) is 22.0 Å². The first-order valence-corrected chi connectivity index (χ1v) is 5.44. The Bertz CT molecular complexity index is 671. The number of aromatic nitrogens is 2. The minimum absolute atomic E-state index is 0.0704. The van der Waals surface area contributed by atoms with Crippen LogP contribution in [0.3, 0.4) is 0 Å². The number of nitrogens with zero attached hydrogens (tertiary/aromatic N) is 3. The molecular weight excluding hydrogens is 260 g/mol. The van der Waals surface area contributed by atoms with E-state index in [4.69, 9.17) is 16.9 Å². The molecular formula is C12H8ClF2N3. The zero-order chi connectivity index (χ0) is 13.4. The van der Waals surface area contributed by atoms with E-state index in [-0.39, 0.29) is 11.3 Å². The lowest BCUT2D eigenvalue weighted by Gasteiger charge is -2.06. The quantitative estimate of drug-likeness (QED) is 0.795. The van der Waals surface area contributed by atoms with E-state index in [0.717, 1.165) is 12.1 Å². The predicted molar refractivity (Wildman–Crippen MR) is 62.7 cm³/mol. The average molecular weight is 268 g/mol. The first kappa shape index (κ1) is 12.5. The standard InChI is InChI=1S/C12H8ClF2N3/c1-6-12(13)7(2)18(17-6)11-4-9(14)8(5-16)3-10(11)15/h3-4H,1-2H3. The second-order valence-electron chi connectivity index (χ2n) is 3.79. The van der Waals surface area contributed by atoms with Crippen LogP contribution in [-0.4, -0.2) is 9.78 Å². The molecule has 0 unspecified atom stereocenters. The number of benzene rings is 1. The first-order chi connectivity index (χ1) is 8.45. The van der Waals surface area contributed by atoms with Gasteiger partial charge in [-0.05, 0) is 19.9 Å². The Labute approximate surface area is 107 Å². The van der Waals surface area contributed by atoms with Gasteiger partial charge >= 0.3 is 0 Å². The van der Waals surface area contributed by atoms with Crippen LogP contribution in [0.2, 0.25) is 5.02 Å². The lowest BCUT2D eigenvalue weighted by atomic mass is 10.2. The van der Waals surface area contributed by atoms with Crippen LogP contribution in [0.15, 0.2) is 12.1 Å². The van der Waals surface area contributed by atoms with Gasteiger partial charge in [0.1, 0.15) is 23.4 Å². The van der Waals surface area contributed by atoms with E-state index in [1.54, 1.807) is 19.9 Å². The summed E-state index contributed by atoms with van der Waals surface area (Å²) in [5.74, 6) is -1.52. The Hall–Kier alpha value is -1.93. The molecule has 0 spiro atoms. The molecule has 1 aromatic heterocycles. The number of nitriles is 1. The van der Waals surface area contributed by atoms with Crippen LogP contribution in [0.5, 0.6) is 0 Å². The van der Waals surface area contributed by atoms with Crippen LogP contribution >= 0.6 is 11.6 Å². The Morgan fingerprint density at radius 2 is 1.94 bits per heavy atom. The van der Waals surface area contributed by atoms with Crippen LogP contribution in [-0.2, 0) is 0 Å². The SMILES string of the molecule is Cc1nn(-c2cc(F)c(C#N)cc2F)c(C)c1Cl. The summed E-state index contributed by atoms with van der Waals surface area (Å²) in [6.07, 6.45) is 0. The molecule has 2 rings (SSSR count). The molecule has 0 fully saturated rings. The molecule has 0 N–H and O–H groups in total. The molecule has 0 aliphatic carbocycles. The topological polar surface area (TPSA) is 41.6 Å². The van der Waals surface area contributed by atoms with Crippen molar-refractivity contribution in [2.45, 2.75) is 13.8 Å². The summed E-state index contributed by atoms with van der Waals surface area (Å²) < 4.78 is 28.5. The fourth-order valence-corrected chi connectivity index (χ4v) is 1.76. The summed E-state index contributed by atoms with van der Waals surface area (Å²) in [4.78, 5) is 0. The molecule has 0 aliphatic rings. The van der Waals surface area contributed by atoms with Crippen LogP contribution in [0, 0.1) is 36.8 Å². The molecule has 1 aromatic carbocycles. The molecule has 0 amide bonds. The number of hydrogen-bond acceptors (Lipinski definition) is 2. The molecule has 2 aromatic rings. The van der Waals surface area contributed by atoms with Gasteiger partial charge in [-0.15, -0.1) is 0 Å². The van der Waals surface area contributed by atoms with Gasteiger partial charge in [0.25, 0.3) is 0 Å². The summed E-state index contributed by atoms with van der Waals surface area (Å²) in [6.45, 7) is 3.32. The van der Waals surface area contributed by atoms with Gasteiger partial charge < -0.3 is 0 Å². The number of rotatable bonds is 1. The minimum atomic E-state index is -0.794. The van der Waals surface area contributed by atoms with Gasteiger partial charge in [0.15, 0.2) is 0 Å². The number of hydrogen-bond donors (Lipinski definition) is 0. The third kappa shape index (κ3) is 1.85. The molecule has 0 radical (unpaired) electrons. The summed E-state index contributed by atoms with van der Waals surface area (Å²) >= 11 is 5.95. The normalized spacial score (nSPS) is 10.4. The third-order valence-electron chi connectivity index (χ3n) is 2.59. The van der Waals surface area contributed by atoms with E-state index in [1.165, 1.54) is 4.68 Å². The maximum atomic E-state index is 13.8. The Balaban J connectivity index is 2.69.